The zero-order valence-corrected chi connectivity index (χ0v) is 14.2. The van der Waals surface area contributed by atoms with Crippen LogP contribution in [0.15, 0.2) is 0 Å². The van der Waals surface area contributed by atoms with E-state index in [1.165, 1.54) is 0 Å². The highest BCUT2D eigenvalue weighted by Crippen LogP contribution is 2.66. The highest BCUT2D eigenvalue weighted by molar-refractivity contribution is 5.12. The van der Waals surface area contributed by atoms with E-state index in [0.717, 1.165) is 44.9 Å². The first-order valence-corrected chi connectivity index (χ1v) is 9.57. The predicted molar refractivity (Wildman–Crippen MR) is 86.5 cm³/mol. The first-order valence-electron chi connectivity index (χ1n) is 9.57. The molecule has 0 saturated heterocycles. The molecule has 0 spiro atoms. The Morgan fingerprint density at radius 2 is 1.74 bits per heavy atom. The van der Waals surface area contributed by atoms with Gasteiger partial charge < -0.3 is 20.4 Å². The van der Waals surface area contributed by atoms with Crippen molar-refractivity contribution in [3.8, 4) is 0 Å². The first kappa shape index (κ1) is 16.3. The van der Waals surface area contributed by atoms with Crippen LogP contribution in [0.25, 0.3) is 0 Å². The second-order valence-corrected chi connectivity index (χ2v) is 9.25. The summed E-state index contributed by atoms with van der Waals surface area (Å²) in [6, 6.07) is 0. The number of hydrogen-bond acceptors (Lipinski definition) is 4. The van der Waals surface area contributed by atoms with Crippen molar-refractivity contribution in [1.82, 2.24) is 0 Å². The molecule has 4 aliphatic rings. The molecule has 0 amide bonds. The molecule has 4 N–H and O–H groups in total. The molecule has 0 radical (unpaired) electrons. The quantitative estimate of drug-likeness (QED) is 0.592. The SMILES string of the molecule is C[C@]12CC[C@H]3[C@@H](CC[C@H]4C[C@@H](O)CC[C@@]43CO)[C@@H]1[C@@H](O)C[C@@H]2O. The maximum Gasteiger partial charge on any atom is 0.0622 e. The summed E-state index contributed by atoms with van der Waals surface area (Å²) >= 11 is 0. The molecule has 0 unspecified atom stereocenters. The van der Waals surface area contributed by atoms with Crippen LogP contribution in [0.4, 0.5) is 0 Å². The van der Waals surface area contributed by atoms with Crippen LogP contribution in [-0.2, 0) is 0 Å². The van der Waals surface area contributed by atoms with Crippen LogP contribution in [0, 0.1) is 34.5 Å². The maximum atomic E-state index is 10.6. The summed E-state index contributed by atoms with van der Waals surface area (Å²) < 4.78 is 0. The van der Waals surface area contributed by atoms with Gasteiger partial charge in [-0.1, -0.05) is 6.92 Å². The minimum absolute atomic E-state index is 0.0588. The summed E-state index contributed by atoms with van der Waals surface area (Å²) in [6.45, 7) is 2.38. The molecule has 4 nitrogen and oxygen atoms in total. The fourth-order valence-corrected chi connectivity index (χ4v) is 7.37. The smallest absolute Gasteiger partial charge is 0.0622 e. The van der Waals surface area contributed by atoms with Crippen molar-refractivity contribution in [3.05, 3.63) is 0 Å². The lowest BCUT2D eigenvalue weighted by Gasteiger charge is -2.61. The van der Waals surface area contributed by atoms with Crippen LogP contribution < -0.4 is 0 Å². The van der Waals surface area contributed by atoms with E-state index in [9.17, 15) is 20.4 Å². The van der Waals surface area contributed by atoms with Gasteiger partial charge in [-0.25, -0.2) is 0 Å². The van der Waals surface area contributed by atoms with E-state index < -0.39 is 6.10 Å². The first-order chi connectivity index (χ1) is 10.9. The van der Waals surface area contributed by atoms with Gasteiger partial charge in [0, 0.05) is 13.0 Å². The molecule has 0 heterocycles. The fraction of sp³-hybridized carbons (Fsp3) is 1.00. The fourth-order valence-electron chi connectivity index (χ4n) is 7.37. The van der Waals surface area contributed by atoms with Gasteiger partial charge in [-0.2, -0.15) is 0 Å². The molecule has 23 heavy (non-hydrogen) atoms. The van der Waals surface area contributed by atoms with Crippen LogP contribution in [0.2, 0.25) is 0 Å². The number of hydrogen-bond donors (Lipinski definition) is 4. The van der Waals surface area contributed by atoms with Crippen molar-refractivity contribution in [2.75, 3.05) is 6.61 Å². The summed E-state index contributed by atoms with van der Waals surface area (Å²) in [5, 5.41) is 41.5. The number of fused-ring (bicyclic) bond motifs is 5. The van der Waals surface area contributed by atoms with Crippen molar-refractivity contribution in [2.45, 2.75) is 76.6 Å². The summed E-state index contributed by atoms with van der Waals surface area (Å²) in [5.41, 5.74) is -0.213. The third-order valence-electron chi connectivity index (χ3n) is 8.57. The zero-order valence-electron chi connectivity index (χ0n) is 14.2. The Balaban J connectivity index is 1.67. The van der Waals surface area contributed by atoms with E-state index in [-0.39, 0.29) is 35.6 Å². The molecule has 0 aliphatic heterocycles. The molecular weight excluding hydrogens is 292 g/mol. The Morgan fingerprint density at radius 1 is 0.957 bits per heavy atom. The lowest BCUT2D eigenvalue weighted by Crippen LogP contribution is -2.58. The lowest BCUT2D eigenvalue weighted by molar-refractivity contribution is -0.167. The Labute approximate surface area is 138 Å². The average molecular weight is 324 g/mol. The molecule has 4 fully saturated rings. The Kier molecular flexibility index (Phi) is 3.84. The molecular formula is C19H32O4. The Hall–Kier alpha value is -0.160. The summed E-state index contributed by atoms with van der Waals surface area (Å²) in [6.07, 6.45) is 6.19. The van der Waals surface area contributed by atoms with Gasteiger partial charge in [0.1, 0.15) is 0 Å². The molecule has 4 aliphatic carbocycles. The predicted octanol–water partition coefficient (Wildman–Crippen LogP) is 1.69. The molecule has 9 atom stereocenters. The van der Waals surface area contributed by atoms with Gasteiger partial charge in [0.25, 0.3) is 0 Å². The van der Waals surface area contributed by atoms with Crippen LogP contribution in [0.5, 0.6) is 0 Å². The van der Waals surface area contributed by atoms with Gasteiger partial charge in [0.05, 0.1) is 18.3 Å². The van der Waals surface area contributed by atoms with Crippen LogP contribution in [0.1, 0.15) is 58.3 Å². The summed E-state index contributed by atoms with van der Waals surface area (Å²) in [4.78, 5) is 0. The van der Waals surface area contributed by atoms with E-state index in [1.54, 1.807) is 0 Å². The Morgan fingerprint density at radius 3 is 2.48 bits per heavy atom. The van der Waals surface area contributed by atoms with E-state index >= 15 is 0 Å². The standard InChI is InChI=1S/C19H32O4/c1-18-6-5-14-13(17(18)15(22)9-16(18)23)3-2-11-8-12(21)4-7-19(11,14)10-20/h11-17,20-23H,2-10H2,1H3/t11-,12-,13+,14-,15-,16-,17+,18+,19+/m0/s1. The third kappa shape index (κ3) is 2.11. The topological polar surface area (TPSA) is 80.9 Å². The molecule has 0 aromatic heterocycles. The largest absolute Gasteiger partial charge is 0.396 e. The number of rotatable bonds is 1. The van der Waals surface area contributed by atoms with Gasteiger partial charge in [-0.3, -0.25) is 0 Å². The van der Waals surface area contributed by atoms with Gasteiger partial charge in [-0.15, -0.1) is 0 Å². The minimum Gasteiger partial charge on any atom is -0.396 e. The maximum absolute atomic E-state index is 10.6. The molecule has 4 rings (SSSR count). The van der Waals surface area contributed by atoms with E-state index in [2.05, 4.69) is 6.92 Å². The van der Waals surface area contributed by atoms with Crippen molar-refractivity contribution in [2.24, 2.45) is 34.5 Å². The molecule has 0 bridgehead atoms. The van der Waals surface area contributed by atoms with Gasteiger partial charge in [0.15, 0.2) is 0 Å². The Bertz CT molecular complexity index is 468. The monoisotopic (exact) mass is 324 g/mol. The third-order valence-corrected chi connectivity index (χ3v) is 8.57. The van der Waals surface area contributed by atoms with Gasteiger partial charge in [0.2, 0.25) is 0 Å². The normalized spacial score (nSPS) is 59.1. The average Bonchev–Trinajstić information content (AvgIpc) is 2.76. The molecule has 4 saturated carbocycles. The van der Waals surface area contributed by atoms with Crippen molar-refractivity contribution < 1.29 is 20.4 Å². The van der Waals surface area contributed by atoms with Crippen molar-refractivity contribution in [1.29, 1.82) is 0 Å². The lowest BCUT2D eigenvalue weighted by atomic mass is 9.44. The highest BCUT2D eigenvalue weighted by Gasteiger charge is 2.63. The highest BCUT2D eigenvalue weighted by atomic mass is 16.3. The number of aliphatic hydroxyl groups is 4. The minimum atomic E-state index is -0.399. The van der Waals surface area contributed by atoms with Crippen molar-refractivity contribution in [3.63, 3.8) is 0 Å². The second kappa shape index (κ2) is 5.42. The van der Waals surface area contributed by atoms with Crippen LogP contribution >= 0.6 is 0 Å². The van der Waals surface area contributed by atoms with Gasteiger partial charge >= 0.3 is 0 Å². The summed E-state index contributed by atoms with van der Waals surface area (Å²) in [7, 11) is 0. The molecule has 0 aromatic rings. The molecule has 132 valence electrons. The van der Waals surface area contributed by atoms with Crippen LogP contribution in [-0.4, -0.2) is 45.3 Å². The zero-order chi connectivity index (χ0) is 16.4. The van der Waals surface area contributed by atoms with E-state index in [4.69, 9.17) is 0 Å². The van der Waals surface area contributed by atoms with Gasteiger partial charge in [-0.05, 0) is 79.4 Å². The van der Waals surface area contributed by atoms with Crippen molar-refractivity contribution >= 4 is 0 Å². The second-order valence-electron chi connectivity index (χ2n) is 9.25. The van der Waals surface area contributed by atoms with E-state index in [1.807, 2.05) is 0 Å². The summed E-state index contributed by atoms with van der Waals surface area (Å²) in [5.74, 6) is 1.45. The molecule has 4 heteroatoms. The molecule has 0 aromatic carbocycles. The van der Waals surface area contributed by atoms with E-state index in [0.29, 0.717) is 24.2 Å². The number of aliphatic hydroxyl groups excluding tert-OH is 4. The van der Waals surface area contributed by atoms with Crippen LogP contribution in [0.3, 0.4) is 0 Å².